The minimum atomic E-state index is -3.89. The molecule has 0 saturated carbocycles. The van der Waals surface area contributed by atoms with Gasteiger partial charge in [0, 0.05) is 24.5 Å². The summed E-state index contributed by atoms with van der Waals surface area (Å²) in [6.45, 7) is 2.15. The number of H-pyrrole nitrogens is 1. The number of aromatic nitrogens is 2. The first-order valence-corrected chi connectivity index (χ1v) is 20.9. The number of rotatable bonds is 24. The average molecular weight is 750 g/mol. The van der Waals surface area contributed by atoms with E-state index in [4.69, 9.17) is 13.8 Å². The highest BCUT2D eigenvalue weighted by atomic mass is 33.1. The van der Waals surface area contributed by atoms with Crippen molar-refractivity contribution in [3.05, 3.63) is 124 Å². The highest BCUT2D eigenvalue weighted by molar-refractivity contribution is 8.76. The quantitative estimate of drug-likeness (QED) is 0.0420. The van der Waals surface area contributed by atoms with Crippen LogP contribution in [0.1, 0.15) is 64.5 Å². The van der Waals surface area contributed by atoms with Gasteiger partial charge < -0.3 is 14.4 Å². The van der Waals surface area contributed by atoms with Gasteiger partial charge in [0.2, 0.25) is 5.82 Å². The molecule has 1 fully saturated rings. The second-order valence-corrected chi connectivity index (χ2v) is 15.6. The predicted molar refractivity (Wildman–Crippen MR) is 203 cm³/mol. The van der Waals surface area contributed by atoms with Crippen LogP contribution in [0.25, 0.3) is 0 Å². The average Bonchev–Trinajstić information content (AvgIpc) is 3.48. The van der Waals surface area contributed by atoms with Gasteiger partial charge >= 0.3 is 13.4 Å². The molecule has 0 bridgehead atoms. The molecule has 14 heteroatoms. The molecule has 1 saturated heterocycles. The standard InChI is InChI=1S/C36H49FN3O7PS2/c1-2-3-4-5-6-7-8-9-10-11-12-13-14-15-16-17-21-25-49-50-26-24-38-48(44,47-30-22-19-18-20-23-30)45-29-33-32(41)27-34(46-33)40-28-31(37)35(42)39-36(40)43/h3-4,6-7,9-10,12-13,15-16,18-20,22-23,28,32-34,41H,2,5,8,11,14,17,21,24-27,29H2,1H3,(H,38,44)(H,39,42,43)/b4-3+,7-6-,10-9-,13-12-,16-15-/t32-,33+,34+,48?/m0/s1. The zero-order valence-electron chi connectivity index (χ0n) is 28.4. The molecular weight excluding hydrogens is 701 g/mol. The fraction of sp³-hybridized carbons (Fsp3) is 0.444. The SMILES string of the molecule is CC/C=C/C/C=C\C/C=C\C/C=C\C/C=C\CCCSSCCNP(=O)(OC[C@H]1O[C@@H](n2cc(F)c(=O)[nH]c2=O)C[C@@H]1O)Oc1ccccc1. The van der Waals surface area contributed by atoms with Crippen LogP contribution in [0.4, 0.5) is 4.39 Å². The summed E-state index contributed by atoms with van der Waals surface area (Å²) in [6, 6.07) is 8.57. The highest BCUT2D eigenvalue weighted by Crippen LogP contribution is 2.45. The lowest BCUT2D eigenvalue weighted by Gasteiger charge is -2.22. The van der Waals surface area contributed by atoms with E-state index in [1.807, 2.05) is 4.98 Å². The first-order chi connectivity index (χ1) is 24.3. The summed E-state index contributed by atoms with van der Waals surface area (Å²) in [7, 11) is -0.498. The Balaban J connectivity index is 1.31. The van der Waals surface area contributed by atoms with Gasteiger partial charge in [-0.05, 0) is 57.1 Å². The van der Waals surface area contributed by atoms with Crippen LogP contribution < -0.4 is 20.9 Å². The van der Waals surface area contributed by atoms with Gasteiger partial charge in [-0.25, -0.2) is 14.4 Å². The maximum Gasteiger partial charge on any atom is 0.458 e. The number of nitrogens with zero attached hydrogens (tertiary/aromatic N) is 1. The van der Waals surface area contributed by atoms with Crippen molar-refractivity contribution in [2.24, 2.45) is 0 Å². The molecule has 1 aromatic heterocycles. The predicted octanol–water partition coefficient (Wildman–Crippen LogP) is 8.03. The number of allylic oxidation sites excluding steroid dienone is 10. The van der Waals surface area contributed by atoms with Gasteiger partial charge in [0.15, 0.2) is 0 Å². The Morgan fingerprint density at radius 1 is 0.980 bits per heavy atom. The van der Waals surface area contributed by atoms with Gasteiger partial charge in [0.1, 0.15) is 18.1 Å². The Morgan fingerprint density at radius 3 is 2.26 bits per heavy atom. The van der Waals surface area contributed by atoms with Gasteiger partial charge in [-0.3, -0.25) is 18.9 Å². The summed E-state index contributed by atoms with van der Waals surface area (Å²) in [6.07, 6.45) is 26.5. The van der Waals surface area contributed by atoms with Crippen molar-refractivity contribution in [1.29, 1.82) is 0 Å². The molecule has 0 radical (unpaired) electrons. The molecule has 1 aliphatic heterocycles. The summed E-state index contributed by atoms with van der Waals surface area (Å²) in [5.41, 5.74) is -2.02. The lowest BCUT2D eigenvalue weighted by molar-refractivity contribution is -0.0428. The topological polar surface area (TPSA) is 132 Å². The second kappa shape index (κ2) is 24.3. The third-order valence-corrected chi connectivity index (χ3v) is 11.2. The number of para-hydroxylation sites is 1. The van der Waals surface area contributed by atoms with Crippen LogP contribution in [0.15, 0.2) is 107 Å². The number of aliphatic hydroxyl groups is 1. The minimum Gasteiger partial charge on any atom is -0.413 e. The number of halogens is 1. The van der Waals surface area contributed by atoms with Crippen LogP contribution in [-0.2, 0) is 13.8 Å². The largest absolute Gasteiger partial charge is 0.458 e. The zero-order chi connectivity index (χ0) is 35.9. The summed E-state index contributed by atoms with van der Waals surface area (Å²) >= 11 is 0. The molecule has 3 rings (SSSR count). The number of unbranched alkanes of at least 4 members (excludes halogenated alkanes) is 1. The van der Waals surface area contributed by atoms with Crippen LogP contribution >= 0.6 is 29.3 Å². The Hall–Kier alpha value is -2.90. The molecule has 10 nitrogen and oxygen atoms in total. The van der Waals surface area contributed by atoms with Gasteiger partial charge in [0.25, 0.3) is 5.56 Å². The molecule has 0 spiro atoms. The van der Waals surface area contributed by atoms with Crippen molar-refractivity contribution in [3.63, 3.8) is 0 Å². The van der Waals surface area contributed by atoms with E-state index in [9.17, 15) is 23.7 Å². The third-order valence-electron chi connectivity index (χ3n) is 7.15. The molecule has 2 aromatic rings. The van der Waals surface area contributed by atoms with Crippen molar-refractivity contribution in [2.75, 3.05) is 24.7 Å². The third kappa shape index (κ3) is 16.4. The van der Waals surface area contributed by atoms with E-state index >= 15 is 0 Å². The lowest BCUT2D eigenvalue weighted by atomic mass is 10.2. The number of ether oxygens (including phenoxy) is 1. The van der Waals surface area contributed by atoms with Gasteiger partial charge in [-0.15, -0.1) is 0 Å². The van der Waals surface area contributed by atoms with E-state index in [1.165, 1.54) is 0 Å². The van der Waals surface area contributed by atoms with E-state index in [-0.39, 0.29) is 13.0 Å². The van der Waals surface area contributed by atoms with Crippen LogP contribution in [0.5, 0.6) is 5.75 Å². The molecule has 4 atom stereocenters. The monoisotopic (exact) mass is 749 g/mol. The summed E-state index contributed by atoms with van der Waals surface area (Å²) in [5.74, 6) is 0.798. The Labute approximate surface area is 302 Å². The number of hydrogen-bond acceptors (Lipinski definition) is 9. The minimum absolute atomic E-state index is 0.0639. The highest BCUT2D eigenvalue weighted by Gasteiger charge is 2.38. The first-order valence-electron chi connectivity index (χ1n) is 16.9. The normalized spacial score (nSPS) is 19.5. The molecule has 3 N–H and O–H groups in total. The van der Waals surface area contributed by atoms with E-state index < -0.39 is 43.2 Å². The van der Waals surface area contributed by atoms with Crippen molar-refractivity contribution >= 4 is 29.3 Å². The van der Waals surface area contributed by atoms with Gasteiger partial charge in [-0.1, -0.05) is 107 Å². The molecule has 1 aromatic carbocycles. The molecule has 1 unspecified atom stereocenters. The van der Waals surface area contributed by atoms with Crippen LogP contribution in [0.3, 0.4) is 0 Å². The number of hydrogen-bond donors (Lipinski definition) is 3. The van der Waals surface area contributed by atoms with Gasteiger partial charge in [-0.2, -0.15) is 4.39 Å². The summed E-state index contributed by atoms with van der Waals surface area (Å²) < 4.78 is 45.4. The number of nitrogens with one attached hydrogen (secondary N) is 2. The second-order valence-electron chi connectivity index (χ2n) is 11.2. The van der Waals surface area contributed by atoms with Crippen LogP contribution in [0.2, 0.25) is 0 Å². The molecule has 50 heavy (non-hydrogen) atoms. The molecular formula is C36H49FN3O7PS2. The van der Waals surface area contributed by atoms with Crippen molar-refractivity contribution in [2.45, 2.75) is 76.7 Å². The van der Waals surface area contributed by atoms with E-state index in [1.54, 1.807) is 51.9 Å². The molecule has 274 valence electrons. The fourth-order valence-electron chi connectivity index (χ4n) is 4.58. The summed E-state index contributed by atoms with van der Waals surface area (Å²) in [4.78, 5) is 25.4. The zero-order valence-corrected chi connectivity index (χ0v) is 31.0. The van der Waals surface area contributed by atoms with E-state index in [0.29, 0.717) is 18.0 Å². The first kappa shape index (κ1) is 41.5. The number of aromatic amines is 1. The smallest absolute Gasteiger partial charge is 0.413 e. The maximum absolute atomic E-state index is 13.8. The van der Waals surface area contributed by atoms with Crippen molar-refractivity contribution < 1.29 is 27.8 Å². The maximum atomic E-state index is 13.8. The number of aliphatic hydroxyl groups excluding tert-OH is 1. The number of benzene rings is 1. The van der Waals surface area contributed by atoms with Crippen molar-refractivity contribution in [1.82, 2.24) is 14.6 Å². The van der Waals surface area contributed by atoms with E-state index in [2.05, 4.69) is 72.8 Å². The van der Waals surface area contributed by atoms with Crippen LogP contribution in [-0.4, -0.2) is 51.5 Å². The fourth-order valence-corrected chi connectivity index (χ4v) is 8.08. The Kier molecular flexibility index (Phi) is 20.2. The molecule has 1 aliphatic rings. The van der Waals surface area contributed by atoms with E-state index in [0.717, 1.165) is 61.5 Å². The van der Waals surface area contributed by atoms with Crippen molar-refractivity contribution in [3.8, 4) is 5.75 Å². The molecule has 0 aliphatic carbocycles. The van der Waals surface area contributed by atoms with Gasteiger partial charge in [0.05, 0.1) is 18.9 Å². The summed E-state index contributed by atoms with van der Waals surface area (Å²) in [5, 5.41) is 13.4. The molecule has 0 amide bonds. The van der Waals surface area contributed by atoms with Crippen LogP contribution in [0, 0.1) is 5.82 Å². The lowest BCUT2D eigenvalue weighted by Crippen LogP contribution is -2.34. The Morgan fingerprint density at radius 2 is 1.60 bits per heavy atom. The Bertz CT molecular complexity index is 1580. The molecule has 2 heterocycles.